The van der Waals surface area contributed by atoms with Gasteiger partial charge in [0.25, 0.3) is 0 Å². The third kappa shape index (κ3) is 5.50. The van der Waals surface area contributed by atoms with Crippen LogP contribution in [0.2, 0.25) is 0 Å². The Hall–Kier alpha value is -3.26. The fourth-order valence-corrected chi connectivity index (χ4v) is 3.96. The number of rotatable bonds is 7. The Morgan fingerprint density at radius 2 is 1.84 bits per heavy atom. The standard InChI is InChI=1S/C24H29N5O3/c1-2-20(29-12-11-16-5-3-4-6-18(16)15-29)14-26-23(31)24(32)27-19-9-10-21(25-13-19)28-22(30)17-7-8-17/h3-6,9-10,13,17,20H,2,7-8,11-12,14-15H2,1H3,(H,26,31)(H,27,32)(H,25,28,30). The van der Waals surface area contributed by atoms with Crippen LogP contribution < -0.4 is 16.0 Å². The molecule has 3 N–H and O–H groups in total. The maximum absolute atomic E-state index is 12.3. The summed E-state index contributed by atoms with van der Waals surface area (Å²) in [6.45, 7) is 4.29. The Bertz CT molecular complexity index is 987. The summed E-state index contributed by atoms with van der Waals surface area (Å²) in [5, 5.41) is 8.05. The average molecular weight is 436 g/mol. The van der Waals surface area contributed by atoms with Gasteiger partial charge in [0.15, 0.2) is 0 Å². The highest BCUT2D eigenvalue weighted by molar-refractivity contribution is 6.39. The molecule has 0 radical (unpaired) electrons. The van der Waals surface area contributed by atoms with Gasteiger partial charge in [-0.15, -0.1) is 0 Å². The van der Waals surface area contributed by atoms with Gasteiger partial charge in [0.2, 0.25) is 5.91 Å². The summed E-state index contributed by atoms with van der Waals surface area (Å²) < 4.78 is 0. The molecule has 32 heavy (non-hydrogen) atoms. The average Bonchev–Trinajstić information content (AvgIpc) is 3.66. The van der Waals surface area contributed by atoms with Gasteiger partial charge in [0, 0.05) is 31.6 Å². The molecule has 4 rings (SSSR count). The maximum atomic E-state index is 12.3. The molecule has 1 atom stereocenters. The molecule has 8 heteroatoms. The van der Waals surface area contributed by atoms with Gasteiger partial charge in [-0.25, -0.2) is 4.98 Å². The van der Waals surface area contributed by atoms with E-state index in [1.165, 1.54) is 17.3 Å². The monoisotopic (exact) mass is 435 g/mol. The van der Waals surface area contributed by atoms with Crippen LogP contribution in [0.25, 0.3) is 0 Å². The molecule has 0 saturated heterocycles. The van der Waals surface area contributed by atoms with Crippen LogP contribution in [0.4, 0.5) is 11.5 Å². The van der Waals surface area contributed by atoms with E-state index in [0.717, 1.165) is 38.8 Å². The lowest BCUT2D eigenvalue weighted by atomic mass is 9.98. The zero-order valence-corrected chi connectivity index (χ0v) is 18.3. The highest BCUT2D eigenvalue weighted by Crippen LogP contribution is 2.30. The largest absolute Gasteiger partial charge is 0.346 e. The van der Waals surface area contributed by atoms with Crippen molar-refractivity contribution < 1.29 is 14.4 Å². The van der Waals surface area contributed by atoms with Gasteiger partial charge in [0.05, 0.1) is 11.9 Å². The molecule has 2 heterocycles. The van der Waals surface area contributed by atoms with Gasteiger partial charge in [-0.1, -0.05) is 31.2 Å². The molecule has 168 valence electrons. The molecular formula is C24H29N5O3. The van der Waals surface area contributed by atoms with Crippen LogP contribution in [-0.4, -0.2) is 46.7 Å². The number of hydrogen-bond donors (Lipinski definition) is 3. The van der Waals surface area contributed by atoms with Gasteiger partial charge in [-0.05, 0) is 48.9 Å². The minimum atomic E-state index is -0.736. The van der Waals surface area contributed by atoms with Crippen LogP contribution in [0.1, 0.15) is 37.3 Å². The summed E-state index contributed by atoms with van der Waals surface area (Å²) in [5.41, 5.74) is 3.11. The van der Waals surface area contributed by atoms with Crippen LogP contribution in [0.3, 0.4) is 0 Å². The zero-order valence-electron chi connectivity index (χ0n) is 18.3. The highest BCUT2D eigenvalue weighted by atomic mass is 16.2. The van der Waals surface area contributed by atoms with Crippen LogP contribution in [-0.2, 0) is 27.3 Å². The Balaban J connectivity index is 1.25. The zero-order chi connectivity index (χ0) is 22.5. The molecule has 1 aromatic heterocycles. The second kappa shape index (κ2) is 9.91. The molecule has 2 aliphatic rings. The Labute approximate surface area is 187 Å². The number of nitrogens with one attached hydrogen (secondary N) is 3. The second-order valence-electron chi connectivity index (χ2n) is 8.41. The van der Waals surface area contributed by atoms with Gasteiger partial charge in [0.1, 0.15) is 5.82 Å². The second-order valence-corrected chi connectivity index (χ2v) is 8.41. The predicted octanol–water partition coefficient (Wildman–Crippen LogP) is 2.32. The summed E-state index contributed by atoms with van der Waals surface area (Å²) in [6, 6.07) is 11.8. The minimum absolute atomic E-state index is 0.0312. The van der Waals surface area contributed by atoms with Crippen LogP contribution >= 0.6 is 0 Å². The number of aromatic nitrogens is 1. The first-order chi connectivity index (χ1) is 15.5. The molecule has 0 bridgehead atoms. The third-order valence-corrected chi connectivity index (χ3v) is 6.07. The van der Waals surface area contributed by atoms with E-state index in [4.69, 9.17) is 0 Å². The van der Waals surface area contributed by atoms with Crippen LogP contribution in [0.5, 0.6) is 0 Å². The number of hydrogen-bond acceptors (Lipinski definition) is 5. The van der Waals surface area contributed by atoms with E-state index in [-0.39, 0.29) is 17.9 Å². The molecule has 1 fully saturated rings. The Kier molecular flexibility index (Phi) is 6.80. The quantitative estimate of drug-likeness (QED) is 0.579. The lowest BCUT2D eigenvalue weighted by Gasteiger charge is -2.35. The number of carbonyl (C=O) groups is 3. The van der Waals surface area contributed by atoms with Crippen molar-refractivity contribution in [2.75, 3.05) is 23.7 Å². The Morgan fingerprint density at radius 3 is 2.53 bits per heavy atom. The van der Waals surface area contributed by atoms with Crippen molar-refractivity contribution in [1.82, 2.24) is 15.2 Å². The van der Waals surface area contributed by atoms with Gasteiger partial charge in [-0.2, -0.15) is 0 Å². The molecule has 1 aliphatic carbocycles. The maximum Gasteiger partial charge on any atom is 0.313 e. The SMILES string of the molecule is CCC(CNC(=O)C(=O)Nc1ccc(NC(=O)C2CC2)nc1)N1CCc2ccccc2C1. The Morgan fingerprint density at radius 1 is 1.06 bits per heavy atom. The number of anilines is 2. The van der Waals surface area contributed by atoms with Crippen molar-refractivity contribution in [1.29, 1.82) is 0 Å². The van der Waals surface area contributed by atoms with Gasteiger partial charge >= 0.3 is 11.8 Å². The molecule has 1 saturated carbocycles. The summed E-state index contributed by atoms with van der Waals surface area (Å²) in [5.74, 6) is -0.923. The molecule has 3 amide bonds. The van der Waals surface area contributed by atoms with Crippen molar-refractivity contribution in [2.24, 2.45) is 5.92 Å². The normalized spacial score (nSPS) is 16.5. The lowest BCUT2D eigenvalue weighted by Crippen LogP contribution is -2.47. The minimum Gasteiger partial charge on any atom is -0.346 e. The van der Waals surface area contributed by atoms with E-state index < -0.39 is 11.8 Å². The fourth-order valence-electron chi connectivity index (χ4n) is 3.96. The molecule has 1 aliphatic heterocycles. The van der Waals surface area contributed by atoms with E-state index in [1.54, 1.807) is 12.1 Å². The van der Waals surface area contributed by atoms with Crippen molar-refractivity contribution in [3.8, 4) is 0 Å². The summed E-state index contributed by atoms with van der Waals surface area (Å²) in [4.78, 5) is 42.9. The van der Waals surface area contributed by atoms with Gasteiger partial charge in [-0.3, -0.25) is 19.3 Å². The number of carbonyl (C=O) groups excluding carboxylic acids is 3. The smallest absolute Gasteiger partial charge is 0.313 e. The van der Waals surface area contributed by atoms with Crippen molar-refractivity contribution in [3.63, 3.8) is 0 Å². The molecule has 1 aromatic carbocycles. The van der Waals surface area contributed by atoms with Crippen molar-refractivity contribution >= 4 is 29.2 Å². The van der Waals surface area contributed by atoms with Gasteiger partial charge < -0.3 is 16.0 Å². The highest BCUT2D eigenvalue weighted by Gasteiger charge is 2.29. The molecule has 1 unspecified atom stereocenters. The first-order valence-corrected chi connectivity index (χ1v) is 11.2. The van der Waals surface area contributed by atoms with E-state index >= 15 is 0 Å². The molecular weight excluding hydrogens is 406 g/mol. The fraction of sp³-hybridized carbons (Fsp3) is 0.417. The predicted molar refractivity (Wildman–Crippen MR) is 122 cm³/mol. The van der Waals surface area contributed by atoms with E-state index in [2.05, 4.69) is 57.0 Å². The first kappa shape index (κ1) is 22.0. The summed E-state index contributed by atoms with van der Waals surface area (Å²) in [6.07, 6.45) is 5.12. The van der Waals surface area contributed by atoms with Crippen molar-refractivity contribution in [3.05, 3.63) is 53.7 Å². The van der Waals surface area contributed by atoms with E-state index in [1.807, 2.05) is 0 Å². The van der Waals surface area contributed by atoms with E-state index in [9.17, 15) is 14.4 Å². The number of nitrogens with zero attached hydrogens (tertiary/aromatic N) is 2. The van der Waals surface area contributed by atoms with Crippen LogP contribution in [0.15, 0.2) is 42.6 Å². The topological polar surface area (TPSA) is 103 Å². The van der Waals surface area contributed by atoms with E-state index in [0.29, 0.717) is 18.1 Å². The summed E-state index contributed by atoms with van der Waals surface area (Å²) in [7, 11) is 0. The summed E-state index contributed by atoms with van der Waals surface area (Å²) >= 11 is 0. The number of benzene rings is 1. The number of amides is 3. The van der Waals surface area contributed by atoms with Crippen molar-refractivity contribution in [2.45, 2.75) is 45.2 Å². The molecule has 8 nitrogen and oxygen atoms in total. The number of fused-ring (bicyclic) bond motifs is 1. The first-order valence-electron chi connectivity index (χ1n) is 11.2. The number of pyridine rings is 1. The molecule has 0 spiro atoms. The molecule has 2 aromatic rings. The third-order valence-electron chi connectivity index (χ3n) is 6.07. The van der Waals surface area contributed by atoms with Crippen LogP contribution in [0, 0.1) is 5.92 Å². The lowest BCUT2D eigenvalue weighted by molar-refractivity contribution is -0.136.